The van der Waals surface area contributed by atoms with Crippen LogP contribution >= 0.6 is 11.7 Å². The number of para-hydroxylation sites is 2. The van der Waals surface area contributed by atoms with Crippen LogP contribution in [0.2, 0.25) is 0 Å². The van der Waals surface area contributed by atoms with Crippen molar-refractivity contribution in [3.8, 4) is 0 Å². The Labute approximate surface area is 113 Å². The van der Waals surface area contributed by atoms with E-state index >= 15 is 0 Å². The number of H-pyrrole nitrogens is 1. The molecular weight excluding hydrogens is 262 g/mol. The third-order valence-electron chi connectivity index (χ3n) is 2.76. The third kappa shape index (κ3) is 2.32. The second-order valence-electron chi connectivity index (χ2n) is 4.13. The second-order valence-corrected chi connectivity index (χ2v) is 4.68. The van der Waals surface area contributed by atoms with Crippen molar-refractivity contribution in [3.63, 3.8) is 0 Å². The van der Waals surface area contributed by atoms with Crippen molar-refractivity contribution in [1.82, 2.24) is 24.0 Å². The van der Waals surface area contributed by atoms with Crippen molar-refractivity contribution in [1.29, 1.82) is 0 Å². The molecule has 1 amide bonds. The second kappa shape index (κ2) is 4.77. The van der Waals surface area contributed by atoms with Crippen molar-refractivity contribution >= 4 is 28.7 Å². The number of carbonyl (C=O) groups excluding carboxylic acids is 1. The summed E-state index contributed by atoms with van der Waals surface area (Å²) in [7, 11) is 0. The Kier molecular flexibility index (Phi) is 2.96. The zero-order valence-corrected chi connectivity index (χ0v) is 10.9. The van der Waals surface area contributed by atoms with E-state index in [2.05, 4.69) is 24.0 Å². The lowest BCUT2D eigenvalue weighted by molar-refractivity contribution is 0.0934. The zero-order chi connectivity index (χ0) is 13.2. The largest absolute Gasteiger partial charge is 0.341 e. The first kappa shape index (κ1) is 11.8. The van der Waals surface area contributed by atoms with E-state index < -0.39 is 0 Å². The summed E-state index contributed by atoms with van der Waals surface area (Å²) in [5, 5.41) is 2.83. The van der Waals surface area contributed by atoms with Gasteiger partial charge in [0.15, 0.2) is 5.69 Å². The molecule has 0 aliphatic heterocycles. The van der Waals surface area contributed by atoms with Gasteiger partial charge in [0.2, 0.25) is 0 Å². The molecule has 0 saturated carbocycles. The number of nitrogens with one attached hydrogen (secondary N) is 2. The van der Waals surface area contributed by atoms with E-state index in [9.17, 15) is 4.79 Å². The molecule has 96 valence electrons. The average Bonchev–Trinajstić information content (AvgIpc) is 3.07. The van der Waals surface area contributed by atoms with Crippen LogP contribution in [0.5, 0.6) is 0 Å². The van der Waals surface area contributed by atoms with Crippen molar-refractivity contribution in [2.75, 3.05) is 0 Å². The third-order valence-corrected chi connectivity index (χ3v) is 3.24. The van der Waals surface area contributed by atoms with Crippen LogP contribution in [0.25, 0.3) is 11.0 Å². The number of hydrogen-bond donors (Lipinski definition) is 2. The lowest BCUT2D eigenvalue weighted by atomic mass is 10.3. The minimum atomic E-state index is -0.248. The number of carbonyl (C=O) groups is 1. The van der Waals surface area contributed by atoms with Gasteiger partial charge in [-0.25, -0.2) is 4.98 Å². The van der Waals surface area contributed by atoms with Crippen LogP contribution in [0.3, 0.4) is 0 Å². The average molecular weight is 273 g/mol. The molecule has 3 rings (SSSR count). The number of benzene rings is 1. The molecule has 7 heteroatoms. The van der Waals surface area contributed by atoms with E-state index in [1.807, 2.05) is 31.2 Å². The summed E-state index contributed by atoms with van der Waals surface area (Å²) < 4.78 is 7.70. The van der Waals surface area contributed by atoms with Crippen LogP contribution in [0.1, 0.15) is 29.3 Å². The lowest BCUT2D eigenvalue weighted by Gasteiger charge is -2.09. The van der Waals surface area contributed by atoms with Crippen molar-refractivity contribution < 1.29 is 4.79 Å². The maximum absolute atomic E-state index is 11.9. The van der Waals surface area contributed by atoms with Crippen molar-refractivity contribution in [2.45, 2.75) is 13.0 Å². The fraction of sp³-hybridized carbons (Fsp3) is 0.167. The van der Waals surface area contributed by atoms with Crippen LogP contribution in [0.15, 0.2) is 30.5 Å². The molecule has 0 bridgehead atoms. The predicted octanol–water partition coefficient (Wildman–Crippen LogP) is 1.91. The molecule has 1 atom stereocenters. The van der Waals surface area contributed by atoms with Gasteiger partial charge in [0.25, 0.3) is 5.91 Å². The summed E-state index contributed by atoms with van der Waals surface area (Å²) >= 11 is 1.01. The molecule has 2 N–H and O–H groups in total. The zero-order valence-electron chi connectivity index (χ0n) is 10.1. The quantitative estimate of drug-likeness (QED) is 0.763. The van der Waals surface area contributed by atoms with Gasteiger partial charge in [-0.1, -0.05) is 12.1 Å². The van der Waals surface area contributed by atoms with Crippen molar-refractivity contribution in [2.24, 2.45) is 0 Å². The Bertz CT molecular complexity index is 673. The summed E-state index contributed by atoms with van der Waals surface area (Å²) in [4.78, 5) is 19.5. The summed E-state index contributed by atoms with van der Waals surface area (Å²) in [5.74, 6) is 0.472. The van der Waals surface area contributed by atoms with E-state index in [1.54, 1.807) is 0 Å². The first-order valence-electron chi connectivity index (χ1n) is 5.77. The highest BCUT2D eigenvalue weighted by Gasteiger charge is 2.16. The molecule has 0 aliphatic rings. The van der Waals surface area contributed by atoms with Gasteiger partial charge >= 0.3 is 0 Å². The minimum Gasteiger partial charge on any atom is -0.341 e. The molecular formula is C12H11N5OS. The molecule has 19 heavy (non-hydrogen) atoms. The van der Waals surface area contributed by atoms with Gasteiger partial charge in [-0.3, -0.25) is 4.79 Å². The lowest BCUT2D eigenvalue weighted by Crippen LogP contribution is -2.27. The van der Waals surface area contributed by atoms with E-state index in [0.29, 0.717) is 5.69 Å². The molecule has 0 saturated heterocycles. The predicted molar refractivity (Wildman–Crippen MR) is 71.9 cm³/mol. The number of fused-ring (bicyclic) bond motifs is 1. The van der Waals surface area contributed by atoms with Gasteiger partial charge in [-0.15, -0.1) is 0 Å². The Morgan fingerprint density at radius 1 is 1.42 bits per heavy atom. The number of amides is 1. The maximum atomic E-state index is 11.9. The Morgan fingerprint density at radius 2 is 2.26 bits per heavy atom. The first-order chi connectivity index (χ1) is 9.24. The number of aromatic nitrogens is 4. The van der Waals surface area contributed by atoms with E-state index in [4.69, 9.17) is 0 Å². The summed E-state index contributed by atoms with van der Waals surface area (Å²) in [5.41, 5.74) is 2.16. The number of nitrogens with zero attached hydrogens (tertiary/aromatic N) is 3. The summed E-state index contributed by atoms with van der Waals surface area (Å²) in [6, 6.07) is 7.52. The van der Waals surface area contributed by atoms with Gasteiger partial charge < -0.3 is 10.3 Å². The molecule has 0 aliphatic carbocycles. The molecule has 0 radical (unpaired) electrons. The Hall–Kier alpha value is -2.28. The molecule has 0 fully saturated rings. The molecule has 2 heterocycles. The molecule has 0 spiro atoms. The van der Waals surface area contributed by atoms with Gasteiger partial charge in [0, 0.05) is 0 Å². The van der Waals surface area contributed by atoms with E-state index in [0.717, 1.165) is 28.6 Å². The van der Waals surface area contributed by atoms with Crippen LogP contribution in [-0.4, -0.2) is 24.6 Å². The van der Waals surface area contributed by atoms with Gasteiger partial charge in [0.05, 0.1) is 35.0 Å². The standard InChI is InChI=1S/C12H11N5OS/c1-7(14-12(18)10-6-13-19-17-10)11-15-8-4-2-3-5-9(8)16-11/h2-7H,1H3,(H,14,18)(H,15,16). The SMILES string of the molecule is CC(NC(=O)c1cnsn1)c1nc2ccccc2[nH]1. The van der Waals surface area contributed by atoms with E-state index in [1.165, 1.54) is 6.20 Å². The number of rotatable bonds is 3. The number of imidazole rings is 1. The Morgan fingerprint density at radius 3 is 3.00 bits per heavy atom. The Balaban J connectivity index is 1.80. The number of aromatic amines is 1. The highest BCUT2D eigenvalue weighted by molar-refractivity contribution is 6.99. The minimum absolute atomic E-state index is 0.221. The normalized spacial score (nSPS) is 12.5. The highest BCUT2D eigenvalue weighted by atomic mass is 32.1. The van der Waals surface area contributed by atoms with Crippen LogP contribution in [-0.2, 0) is 0 Å². The topological polar surface area (TPSA) is 83.6 Å². The van der Waals surface area contributed by atoms with Gasteiger partial charge in [0.1, 0.15) is 5.82 Å². The summed E-state index contributed by atoms with van der Waals surface area (Å²) in [6.07, 6.45) is 1.45. The summed E-state index contributed by atoms with van der Waals surface area (Å²) in [6.45, 7) is 1.87. The van der Waals surface area contributed by atoms with Crippen LogP contribution < -0.4 is 5.32 Å². The fourth-order valence-electron chi connectivity index (χ4n) is 1.78. The van der Waals surface area contributed by atoms with Crippen LogP contribution in [0, 0.1) is 0 Å². The molecule has 2 aromatic heterocycles. The van der Waals surface area contributed by atoms with Crippen LogP contribution in [0.4, 0.5) is 0 Å². The van der Waals surface area contributed by atoms with E-state index in [-0.39, 0.29) is 11.9 Å². The molecule has 1 unspecified atom stereocenters. The van der Waals surface area contributed by atoms with Crippen molar-refractivity contribution in [3.05, 3.63) is 42.0 Å². The molecule has 6 nitrogen and oxygen atoms in total. The van der Waals surface area contributed by atoms with Gasteiger partial charge in [-0.2, -0.15) is 8.75 Å². The monoisotopic (exact) mass is 273 g/mol. The highest BCUT2D eigenvalue weighted by Crippen LogP contribution is 2.15. The molecule has 3 aromatic rings. The first-order valence-corrected chi connectivity index (χ1v) is 6.50. The fourth-order valence-corrected chi connectivity index (χ4v) is 2.19. The molecule has 1 aromatic carbocycles. The van der Waals surface area contributed by atoms with Gasteiger partial charge in [-0.05, 0) is 19.1 Å². The maximum Gasteiger partial charge on any atom is 0.273 e. The smallest absolute Gasteiger partial charge is 0.273 e. The number of hydrogen-bond acceptors (Lipinski definition) is 5.